The number of hydrogen-bond donors (Lipinski definition) is 1. The third-order valence-electron chi connectivity index (χ3n) is 5.37. The Morgan fingerprint density at radius 2 is 1.90 bits per heavy atom. The third kappa shape index (κ3) is 5.03. The number of carbonyl (C=O) groups excluding carboxylic acids is 1. The number of amides is 1. The summed E-state index contributed by atoms with van der Waals surface area (Å²) < 4.78 is 6.93. The number of benzene rings is 2. The van der Waals surface area contributed by atoms with E-state index < -0.39 is 0 Å². The van der Waals surface area contributed by atoms with Gasteiger partial charge in [-0.2, -0.15) is 5.10 Å². The van der Waals surface area contributed by atoms with Gasteiger partial charge in [-0.1, -0.05) is 35.3 Å². The molecule has 0 atom stereocenters. The Hall–Kier alpha value is -2.54. The first-order valence-corrected chi connectivity index (χ1v) is 11.0. The molecule has 0 spiro atoms. The maximum atomic E-state index is 13.1. The van der Waals surface area contributed by atoms with Gasteiger partial charge in [-0.15, -0.1) is 0 Å². The SMILES string of the molecule is COc1cccc(-c2cc(C(=O)NCCN3CCCC3)n(-c3ccc(Cl)c(Cl)c3)n2)c1. The molecule has 162 valence electrons. The van der Waals surface area contributed by atoms with E-state index in [-0.39, 0.29) is 5.91 Å². The van der Waals surface area contributed by atoms with E-state index >= 15 is 0 Å². The average molecular weight is 459 g/mol. The summed E-state index contributed by atoms with van der Waals surface area (Å²) in [5.41, 5.74) is 2.60. The van der Waals surface area contributed by atoms with Crippen LogP contribution in [0.5, 0.6) is 5.75 Å². The fourth-order valence-corrected chi connectivity index (χ4v) is 4.00. The van der Waals surface area contributed by atoms with Crippen molar-refractivity contribution in [2.45, 2.75) is 12.8 Å². The fraction of sp³-hybridized carbons (Fsp3) is 0.304. The van der Waals surface area contributed by atoms with Gasteiger partial charge in [0.15, 0.2) is 0 Å². The first-order valence-electron chi connectivity index (χ1n) is 10.3. The topological polar surface area (TPSA) is 59.4 Å². The Labute approximate surface area is 191 Å². The van der Waals surface area contributed by atoms with Crippen molar-refractivity contribution in [2.24, 2.45) is 0 Å². The molecule has 6 nitrogen and oxygen atoms in total. The summed E-state index contributed by atoms with van der Waals surface area (Å²) in [4.78, 5) is 15.4. The minimum atomic E-state index is -0.188. The molecular weight excluding hydrogens is 435 g/mol. The quantitative estimate of drug-likeness (QED) is 0.558. The second-order valence-electron chi connectivity index (χ2n) is 7.46. The molecule has 1 aliphatic heterocycles. The van der Waals surface area contributed by atoms with Gasteiger partial charge in [0.25, 0.3) is 5.91 Å². The minimum absolute atomic E-state index is 0.188. The van der Waals surface area contributed by atoms with Crippen molar-refractivity contribution in [2.75, 3.05) is 33.3 Å². The van der Waals surface area contributed by atoms with E-state index in [0.717, 1.165) is 30.9 Å². The van der Waals surface area contributed by atoms with Crippen LogP contribution >= 0.6 is 23.2 Å². The number of hydrogen-bond acceptors (Lipinski definition) is 4. The molecule has 1 amide bonds. The number of aromatic nitrogens is 2. The van der Waals surface area contributed by atoms with Crippen LogP contribution in [0.15, 0.2) is 48.5 Å². The molecule has 1 N–H and O–H groups in total. The molecule has 1 aliphatic rings. The van der Waals surface area contributed by atoms with Gasteiger partial charge in [-0.3, -0.25) is 4.79 Å². The number of halogens is 2. The first-order chi connectivity index (χ1) is 15.0. The average Bonchev–Trinajstić information content (AvgIpc) is 3.46. The third-order valence-corrected chi connectivity index (χ3v) is 6.11. The van der Waals surface area contributed by atoms with Gasteiger partial charge in [0.1, 0.15) is 11.4 Å². The molecular formula is C23H24Cl2N4O2. The highest BCUT2D eigenvalue weighted by molar-refractivity contribution is 6.42. The summed E-state index contributed by atoms with van der Waals surface area (Å²) in [5, 5.41) is 8.56. The zero-order valence-electron chi connectivity index (χ0n) is 17.3. The lowest BCUT2D eigenvalue weighted by atomic mass is 10.1. The molecule has 0 saturated carbocycles. The molecule has 1 saturated heterocycles. The number of ether oxygens (including phenoxy) is 1. The van der Waals surface area contributed by atoms with Gasteiger partial charge in [0, 0.05) is 18.7 Å². The maximum Gasteiger partial charge on any atom is 0.270 e. The van der Waals surface area contributed by atoms with E-state index in [2.05, 4.69) is 10.2 Å². The highest BCUT2D eigenvalue weighted by Gasteiger charge is 2.19. The number of methoxy groups -OCH3 is 1. The largest absolute Gasteiger partial charge is 0.497 e. The molecule has 0 aliphatic carbocycles. The fourth-order valence-electron chi connectivity index (χ4n) is 3.70. The molecule has 3 aromatic rings. The van der Waals surface area contributed by atoms with Crippen LogP contribution in [0.25, 0.3) is 16.9 Å². The highest BCUT2D eigenvalue weighted by Crippen LogP contribution is 2.28. The van der Waals surface area contributed by atoms with Gasteiger partial charge in [-0.05, 0) is 62.3 Å². The van der Waals surface area contributed by atoms with Crippen LogP contribution in [0.2, 0.25) is 10.0 Å². The Kier molecular flexibility index (Phi) is 6.80. The minimum Gasteiger partial charge on any atom is -0.497 e. The number of nitrogens with one attached hydrogen (secondary N) is 1. The number of rotatable bonds is 7. The van der Waals surface area contributed by atoms with E-state index in [1.165, 1.54) is 12.8 Å². The number of carbonyl (C=O) groups is 1. The zero-order chi connectivity index (χ0) is 21.8. The van der Waals surface area contributed by atoms with Gasteiger partial charge in [0.2, 0.25) is 0 Å². The van der Waals surface area contributed by atoms with Crippen molar-refractivity contribution in [3.8, 4) is 22.7 Å². The van der Waals surface area contributed by atoms with Crippen LogP contribution in [0.4, 0.5) is 0 Å². The summed E-state index contributed by atoms with van der Waals surface area (Å²) in [6.45, 7) is 3.61. The van der Waals surface area contributed by atoms with Crippen molar-refractivity contribution >= 4 is 29.1 Å². The van der Waals surface area contributed by atoms with Gasteiger partial charge in [0.05, 0.1) is 28.5 Å². The van der Waals surface area contributed by atoms with E-state index in [9.17, 15) is 4.79 Å². The van der Waals surface area contributed by atoms with Gasteiger partial charge < -0.3 is 15.0 Å². The molecule has 0 unspecified atom stereocenters. The van der Waals surface area contributed by atoms with Crippen LogP contribution in [0.3, 0.4) is 0 Å². The first kappa shape index (κ1) is 21.7. The van der Waals surface area contributed by atoms with E-state index in [0.29, 0.717) is 33.7 Å². The molecule has 1 aromatic heterocycles. The van der Waals surface area contributed by atoms with Crippen LogP contribution in [0, 0.1) is 0 Å². The van der Waals surface area contributed by atoms with Crippen molar-refractivity contribution in [1.29, 1.82) is 0 Å². The molecule has 2 aromatic carbocycles. The van der Waals surface area contributed by atoms with Crippen molar-refractivity contribution in [3.63, 3.8) is 0 Å². The molecule has 4 rings (SSSR count). The lowest BCUT2D eigenvalue weighted by Crippen LogP contribution is -2.34. The number of nitrogens with zero attached hydrogens (tertiary/aromatic N) is 3. The smallest absolute Gasteiger partial charge is 0.270 e. The van der Waals surface area contributed by atoms with E-state index in [1.54, 1.807) is 36.1 Å². The Morgan fingerprint density at radius 3 is 2.65 bits per heavy atom. The molecule has 31 heavy (non-hydrogen) atoms. The summed E-state index contributed by atoms with van der Waals surface area (Å²) in [6, 6.07) is 14.5. The number of likely N-dealkylation sites (tertiary alicyclic amines) is 1. The van der Waals surface area contributed by atoms with E-state index in [4.69, 9.17) is 33.0 Å². The van der Waals surface area contributed by atoms with Gasteiger partial charge >= 0.3 is 0 Å². The highest BCUT2D eigenvalue weighted by atomic mass is 35.5. The molecule has 8 heteroatoms. The van der Waals surface area contributed by atoms with Crippen molar-refractivity contribution in [3.05, 3.63) is 64.3 Å². The van der Waals surface area contributed by atoms with Crippen LogP contribution in [0.1, 0.15) is 23.3 Å². The second kappa shape index (κ2) is 9.73. The molecule has 1 fully saturated rings. The van der Waals surface area contributed by atoms with Crippen LogP contribution in [-0.4, -0.2) is 53.9 Å². The van der Waals surface area contributed by atoms with Gasteiger partial charge in [-0.25, -0.2) is 4.68 Å². The predicted molar refractivity (Wildman–Crippen MR) is 124 cm³/mol. The van der Waals surface area contributed by atoms with Crippen molar-refractivity contribution < 1.29 is 9.53 Å². The Bertz CT molecular complexity index is 1080. The lowest BCUT2D eigenvalue weighted by Gasteiger charge is -2.15. The van der Waals surface area contributed by atoms with Crippen molar-refractivity contribution in [1.82, 2.24) is 20.0 Å². The second-order valence-corrected chi connectivity index (χ2v) is 8.28. The molecule has 0 radical (unpaired) electrons. The van der Waals surface area contributed by atoms with Crippen LogP contribution in [-0.2, 0) is 0 Å². The molecule has 0 bridgehead atoms. The monoisotopic (exact) mass is 458 g/mol. The standard InChI is InChI=1S/C23H24Cl2N4O2/c1-31-18-6-4-5-16(13-18)21-15-22(23(30)26-9-12-28-10-2-3-11-28)29(27-21)17-7-8-19(24)20(25)14-17/h4-8,13-15H,2-3,9-12H2,1H3,(H,26,30). The van der Waals surface area contributed by atoms with E-state index in [1.807, 2.05) is 24.3 Å². The summed E-state index contributed by atoms with van der Waals surface area (Å²) >= 11 is 12.3. The Morgan fingerprint density at radius 1 is 1.10 bits per heavy atom. The zero-order valence-corrected chi connectivity index (χ0v) is 18.8. The predicted octanol–water partition coefficient (Wildman–Crippen LogP) is 4.68. The molecule has 2 heterocycles. The van der Waals surface area contributed by atoms with Crippen LogP contribution < -0.4 is 10.1 Å². The summed E-state index contributed by atoms with van der Waals surface area (Å²) in [6.07, 6.45) is 2.45. The lowest BCUT2D eigenvalue weighted by molar-refractivity contribution is 0.0942. The summed E-state index contributed by atoms with van der Waals surface area (Å²) in [7, 11) is 1.62. The Balaban J connectivity index is 1.64. The summed E-state index contributed by atoms with van der Waals surface area (Å²) in [5.74, 6) is 0.533. The normalized spacial score (nSPS) is 14.0. The maximum absolute atomic E-state index is 13.1.